The van der Waals surface area contributed by atoms with Crippen LogP contribution < -0.4 is 0 Å². The van der Waals surface area contributed by atoms with Crippen molar-refractivity contribution in [2.75, 3.05) is 36.5 Å². The van der Waals surface area contributed by atoms with E-state index in [0.717, 1.165) is 19.3 Å². The molecule has 32 heavy (non-hydrogen) atoms. The zero-order valence-electron chi connectivity index (χ0n) is 20.9. The van der Waals surface area contributed by atoms with Crippen LogP contribution in [0.5, 0.6) is 0 Å². The molecular weight excluding hydrogens is 525 g/mol. The van der Waals surface area contributed by atoms with Crippen LogP contribution in [0.3, 0.4) is 0 Å². The van der Waals surface area contributed by atoms with Crippen LogP contribution in [-0.4, -0.2) is 87.6 Å². The minimum absolute atomic E-state index is 0.0140. The second-order valence-corrected chi connectivity index (χ2v) is 29.8. The molecule has 0 aromatic rings. The Hall–Kier alpha value is 0.568. The first kappa shape index (κ1) is 30.6. The molecule has 15 heteroatoms. The van der Waals surface area contributed by atoms with Gasteiger partial charge in [-0.2, -0.15) is 0 Å². The Labute approximate surface area is 199 Å². The van der Waals surface area contributed by atoms with Crippen LogP contribution in [0.15, 0.2) is 0 Å². The van der Waals surface area contributed by atoms with Crippen LogP contribution in [0.1, 0.15) is 32.1 Å². The molecule has 0 amide bonds. The normalized spacial score (nSPS) is 34.8. The molecule has 0 N–H and O–H groups in total. The highest BCUT2D eigenvalue weighted by atomic mass is 32.2. The van der Waals surface area contributed by atoms with E-state index in [0.29, 0.717) is 12.8 Å². The molecule has 0 aromatic carbocycles. The standard InChI is InChI=1S/C17H42O9S2Si4/c1-22-31(7)24-29(3,4)16-27(18,19)14-12-10-9-11-13-15-28(20,21)17-30(5,6)25-32(8,23-2)26-31/h9-17H2,1-8H3. The molecule has 0 spiro atoms. The predicted molar refractivity (Wildman–Crippen MR) is 136 cm³/mol. The lowest BCUT2D eigenvalue weighted by Gasteiger charge is -2.40. The molecule has 1 heterocycles. The summed E-state index contributed by atoms with van der Waals surface area (Å²) >= 11 is 0. The van der Waals surface area contributed by atoms with E-state index >= 15 is 0 Å². The number of hydrogen-bond donors (Lipinski definition) is 0. The van der Waals surface area contributed by atoms with Crippen molar-refractivity contribution in [3.63, 3.8) is 0 Å². The van der Waals surface area contributed by atoms with Crippen LogP contribution in [0.2, 0.25) is 39.3 Å². The summed E-state index contributed by atoms with van der Waals surface area (Å²) in [5.41, 5.74) is 0. The van der Waals surface area contributed by atoms with Gasteiger partial charge in [-0.05, 0) is 39.0 Å². The van der Waals surface area contributed by atoms with Crippen LogP contribution in [0.25, 0.3) is 0 Å². The monoisotopic (exact) mass is 566 g/mol. The molecule has 0 saturated carbocycles. The van der Waals surface area contributed by atoms with Gasteiger partial charge in [0.2, 0.25) is 0 Å². The fraction of sp³-hybridized carbons (Fsp3) is 1.00. The van der Waals surface area contributed by atoms with Crippen LogP contribution in [-0.2, 0) is 40.9 Å². The van der Waals surface area contributed by atoms with Gasteiger partial charge < -0.3 is 21.2 Å². The Morgan fingerprint density at radius 1 is 0.562 bits per heavy atom. The minimum Gasteiger partial charge on any atom is -0.415 e. The molecule has 0 aromatic heterocycles. The molecule has 2 unspecified atom stereocenters. The largest absolute Gasteiger partial charge is 0.479 e. The fourth-order valence-corrected chi connectivity index (χ4v) is 29.6. The average Bonchev–Trinajstić information content (AvgIpc) is 2.56. The summed E-state index contributed by atoms with van der Waals surface area (Å²) in [6, 6.07) is 0. The minimum atomic E-state index is -3.33. The summed E-state index contributed by atoms with van der Waals surface area (Å²) in [4.78, 5) is 0. The molecule has 1 aliphatic heterocycles. The SMILES string of the molecule is CO[Si]1(C)O[Si](C)(C)CS(=O)(=O)CCCCCCCS(=O)(=O)C[Si](C)(C)O[Si](C)(OC)O1. The third kappa shape index (κ3) is 11.3. The third-order valence-corrected chi connectivity index (χ3v) is 27.8. The summed E-state index contributed by atoms with van der Waals surface area (Å²) in [5, 5.41) is -0.0280. The first-order valence-corrected chi connectivity index (χ1v) is 25.3. The Morgan fingerprint density at radius 3 is 1.19 bits per heavy atom. The van der Waals surface area contributed by atoms with E-state index in [2.05, 4.69) is 0 Å². The van der Waals surface area contributed by atoms with E-state index in [-0.39, 0.29) is 22.3 Å². The third-order valence-electron chi connectivity index (χ3n) is 5.08. The summed E-state index contributed by atoms with van der Waals surface area (Å²) in [5.74, 6) is 0.204. The maximum Gasteiger partial charge on any atom is 0.479 e. The van der Waals surface area contributed by atoms with Gasteiger partial charge >= 0.3 is 17.6 Å². The summed E-state index contributed by atoms with van der Waals surface area (Å²) in [6.07, 6.45) is 3.47. The van der Waals surface area contributed by atoms with Gasteiger partial charge in [-0.15, -0.1) is 0 Å². The highest BCUT2D eigenvalue weighted by Crippen LogP contribution is 2.26. The van der Waals surface area contributed by atoms with Gasteiger partial charge in [0.15, 0.2) is 16.6 Å². The number of hydrogen-bond acceptors (Lipinski definition) is 9. The molecule has 1 fully saturated rings. The van der Waals surface area contributed by atoms with Crippen molar-refractivity contribution < 1.29 is 38.0 Å². The van der Waals surface area contributed by atoms with Crippen molar-refractivity contribution in [2.45, 2.75) is 71.4 Å². The van der Waals surface area contributed by atoms with Gasteiger partial charge in [0, 0.05) is 38.8 Å². The first-order chi connectivity index (χ1) is 14.4. The zero-order valence-corrected chi connectivity index (χ0v) is 26.5. The lowest BCUT2D eigenvalue weighted by Crippen LogP contribution is -2.62. The smallest absolute Gasteiger partial charge is 0.415 e. The summed E-state index contributed by atoms with van der Waals surface area (Å²) < 4.78 is 80.9. The van der Waals surface area contributed by atoms with Crippen LogP contribution in [0, 0.1) is 0 Å². The summed E-state index contributed by atoms with van der Waals surface area (Å²) in [6.45, 7) is 10.8. The maximum atomic E-state index is 12.7. The number of sulfone groups is 2. The van der Waals surface area contributed by atoms with Crippen molar-refractivity contribution in [1.82, 2.24) is 0 Å². The molecule has 0 aliphatic carbocycles. The van der Waals surface area contributed by atoms with Crippen LogP contribution >= 0.6 is 0 Å². The molecule has 0 radical (unpaired) electrons. The van der Waals surface area contributed by atoms with E-state index in [1.807, 2.05) is 26.2 Å². The van der Waals surface area contributed by atoms with Gasteiger partial charge in [0.1, 0.15) is 19.7 Å². The second-order valence-electron chi connectivity index (χ2n) is 9.91. The van der Waals surface area contributed by atoms with Gasteiger partial charge in [-0.1, -0.05) is 19.3 Å². The summed E-state index contributed by atoms with van der Waals surface area (Å²) in [7, 11) is -15.7. The van der Waals surface area contributed by atoms with Crippen molar-refractivity contribution >= 4 is 53.9 Å². The van der Waals surface area contributed by atoms with E-state index in [9.17, 15) is 16.8 Å². The van der Waals surface area contributed by atoms with E-state index in [1.165, 1.54) is 14.2 Å². The first-order valence-electron chi connectivity index (χ1n) is 11.0. The molecule has 1 rings (SSSR count). The van der Waals surface area contributed by atoms with Crippen molar-refractivity contribution in [2.24, 2.45) is 0 Å². The van der Waals surface area contributed by atoms with Gasteiger partial charge in [-0.3, -0.25) is 0 Å². The van der Waals surface area contributed by atoms with Crippen molar-refractivity contribution in [1.29, 1.82) is 0 Å². The van der Waals surface area contributed by atoms with Crippen molar-refractivity contribution in [3.05, 3.63) is 0 Å². The van der Waals surface area contributed by atoms with Gasteiger partial charge in [0.25, 0.3) is 0 Å². The zero-order chi connectivity index (χ0) is 24.9. The molecule has 2 atom stereocenters. The van der Waals surface area contributed by atoms with E-state index in [1.54, 1.807) is 13.1 Å². The lowest BCUT2D eigenvalue weighted by molar-refractivity contribution is 0.136. The molecular formula is C17H42O9S2Si4. The maximum absolute atomic E-state index is 12.7. The van der Waals surface area contributed by atoms with E-state index < -0.39 is 53.9 Å². The molecule has 9 nitrogen and oxygen atoms in total. The molecule has 192 valence electrons. The molecule has 0 bridgehead atoms. The highest BCUT2D eigenvalue weighted by Gasteiger charge is 2.52. The van der Waals surface area contributed by atoms with Gasteiger partial charge in [0.05, 0.1) is 10.8 Å². The molecule has 1 aliphatic rings. The highest BCUT2D eigenvalue weighted by molar-refractivity contribution is 7.93. The quantitative estimate of drug-likeness (QED) is 0.465. The van der Waals surface area contributed by atoms with E-state index in [4.69, 9.17) is 21.2 Å². The lowest BCUT2D eigenvalue weighted by atomic mass is 10.2. The predicted octanol–water partition coefficient (Wildman–Crippen LogP) is 2.75. The van der Waals surface area contributed by atoms with Crippen LogP contribution in [0.4, 0.5) is 0 Å². The number of rotatable bonds is 2. The Balaban J connectivity index is 3.25. The topological polar surface area (TPSA) is 114 Å². The Kier molecular flexibility index (Phi) is 11.0. The van der Waals surface area contributed by atoms with Gasteiger partial charge in [-0.25, -0.2) is 16.8 Å². The van der Waals surface area contributed by atoms with Crippen molar-refractivity contribution in [3.8, 4) is 0 Å². The Bertz CT molecular complexity index is 754. The average molecular weight is 567 g/mol. The Morgan fingerprint density at radius 2 is 0.875 bits per heavy atom. The molecule has 1 saturated heterocycles. The fourth-order valence-electron chi connectivity index (χ4n) is 3.99. The second kappa shape index (κ2) is 11.5.